The molecule has 0 amide bonds. The molecule has 0 saturated carbocycles. The van der Waals surface area contributed by atoms with Crippen molar-refractivity contribution in [3.8, 4) is 0 Å². The molecule has 6 heteroatoms. The zero-order chi connectivity index (χ0) is 14.7. The molecule has 1 aromatic heterocycles. The quantitative estimate of drug-likeness (QED) is 0.742. The Morgan fingerprint density at radius 1 is 1.35 bits per heavy atom. The Hall–Kier alpha value is -0.490. The van der Waals surface area contributed by atoms with E-state index < -0.39 is 0 Å². The maximum atomic E-state index is 14.1. The van der Waals surface area contributed by atoms with Crippen molar-refractivity contribution in [3.63, 3.8) is 0 Å². The first-order valence-electron chi connectivity index (χ1n) is 6.02. The van der Waals surface area contributed by atoms with Crippen LogP contribution < -0.4 is 5.32 Å². The van der Waals surface area contributed by atoms with Gasteiger partial charge in [0.25, 0.3) is 0 Å². The lowest BCUT2D eigenvalue weighted by Gasteiger charge is -2.20. The lowest BCUT2D eigenvalue weighted by molar-refractivity contribution is 0.550. The van der Waals surface area contributed by atoms with E-state index in [9.17, 15) is 4.39 Å². The minimum atomic E-state index is -0.347. The van der Waals surface area contributed by atoms with Crippen LogP contribution in [-0.4, -0.2) is 11.5 Å². The SMILES string of the molecule is CCNC(c1ccc(Cl)cc1F)c1ncc(Br)cc1Br. The molecule has 1 N–H and O–H groups in total. The molecule has 0 fully saturated rings. The minimum absolute atomic E-state index is 0.334. The maximum absolute atomic E-state index is 14.1. The Morgan fingerprint density at radius 2 is 2.10 bits per heavy atom. The van der Waals surface area contributed by atoms with Gasteiger partial charge < -0.3 is 5.32 Å². The molecule has 0 aliphatic heterocycles. The lowest BCUT2D eigenvalue weighted by Crippen LogP contribution is -2.24. The van der Waals surface area contributed by atoms with Crippen molar-refractivity contribution >= 4 is 43.5 Å². The van der Waals surface area contributed by atoms with Crippen LogP contribution in [0.2, 0.25) is 5.02 Å². The molecule has 0 spiro atoms. The first-order valence-corrected chi connectivity index (χ1v) is 7.98. The van der Waals surface area contributed by atoms with E-state index >= 15 is 0 Å². The molecule has 1 unspecified atom stereocenters. The van der Waals surface area contributed by atoms with E-state index in [1.54, 1.807) is 18.3 Å². The van der Waals surface area contributed by atoms with Crippen molar-refractivity contribution in [1.82, 2.24) is 10.3 Å². The van der Waals surface area contributed by atoms with Crippen molar-refractivity contribution in [3.05, 3.63) is 61.5 Å². The van der Waals surface area contributed by atoms with Gasteiger partial charge in [0, 0.05) is 25.7 Å². The van der Waals surface area contributed by atoms with Crippen LogP contribution in [0, 0.1) is 5.82 Å². The molecular formula is C14H12Br2ClFN2. The molecule has 0 aliphatic rings. The van der Waals surface area contributed by atoms with E-state index in [2.05, 4.69) is 42.2 Å². The highest BCUT2D eigenvalue weighted by molar-refractivity contribution is 9.11. The van der Waals surface area contributed by atoms with E-state index in [1.165, 1.54) is 6.07 Å². The molecule has 1 aromatic carbocycles. The van der Waals surface area contributed by atoms with Crippen molar-refractivity contribution < 1.29 is 4.39 Å². The topological polar surface area (TPSA) is 24.9 Å². The standard InChI is InChI=1S/C14H12Br2ClFN2/c1-2-19-13(10-4-3-9(17)6-12(10)18)14-11(16)5-8(15)7-20-14/h3-7,13,19H,2H2,1H3. The summed E-state index contributed by atoms with van der Waals surface area (Å²) in [5, 5.41) is 3.62. The smallest absolute Gasteiger partial charge is 0.129 e. The van der Waals surface area contributed by atoms with Crippen LogP contribution in [0.25, 0.3) is 0 Å². The maximum Gasteiger partial charge on any atom is 0.129 e. The van der Waals surface area contributed by atoms with Gasteiger partial charge in [0.2, 0.25) is 0 Å². The number of aromatic nitrogens is 1. The van der Waals surface area contributed by atoms with Crippen molar-refractivity contribution in [1.29, 1.82) is 0 Å². The number of nitrogens with zero attached hydrogens (tertiary/aromatic N) is 1. The summed E-state index contributed by atoms with van der Waals surface area (Å²) >= 11 is 12.6. The van der Waals surface area contributed by atoms with E-state index in [1.807, 2.05) is 13.0 Å². The number of hydrogen-bond acceptors (Lipinski definition) is 2. The molecule has 0 bridgehead atoms. The average molecular weight is 423 g/mol. The molecule has 0 saturated heterocycles. The van der Waals surface area contributed by atoms with Crippen molar-refractivity contribution in [2.24, 2.45) is 0 Å². The number of nitrogens with one attached hydrogen (secondary N) is 1. The molecule has 2 nitrogen and oxygen atoms in total. The molecule has 1 atom stereocenters. The zero-order valence-electron chi connectivity index (χ0n) is 10.6. The second-order valence-electron chi connectivity index (χ2n) is 4.18. The summed E-state index contributed by atoms with van der Waals surface area (Å²) in [6.07, 6.45) is 1.69. The molecule has 1 heterocycles. The van der Waals surface area contributed by atoms with Crippen molar-refractivity contribution in [2.45, 2.75) is 13.0 Å². The van der Waals surface area contributed by atoms with Crippen LogP contribution in [-0.2, 0) is 0 Å². The summed E-state index contributed by atoms with van der Waals surface area (Å²) < 4.78 is 15.8. The lowest BCUT2D eigenvalue weighted by atomic mass is 10.0. The molecule has 0 aliphatic carbocycles. The predicted octanol–water partition coefficient (Wildman–Crippen LogP) is 5.10. The van der Waals surface area contributed by atoms with Gasteiger partial charge in [-0.15, -0.1) is 0 Å². The summed E-state index contributed by atoms with van der Waals surface area (Å²) in [7, 11) is 0. The Labute approximate surface area is 139 Å². The fourth-order valence-electron chi connectivity index (χ4n) is 1.93. The Morgan fingerprint density at radius 3 is 2.70 bits per heavy atom. The number of pyridine rings is 1. The van der Waals surface area contributed by atoms with Crippen LogP contribution in [0.1, 0.15) is 24.2 Å². The summed E-state index contributed by atoms with van der Waals surface area (Å²) in [6, 6.07) is 6.23. The number of benzene rings is 1. The van der Waals surface area contributed by atoms with Gasteiger partial charge in [-0.2, -0.15) is 0 Å². The fraction of sp³-hybridized carbons (Fsp3) is 0.214. The van der Waals surface area contributed by atoms with E-state index in [4.69, 9.17) is 11.6 Å². The second-order valence-corrected chi connectivity index (χ2v) is 6.38. The highest BCUT2D eigenvalue weighted by Gasteiger charge is 2.21. The van der Waals surface area contributed by atoms with Gasteiger partial charge in [-0.1, -0.05) is 24.6 Å². The van der Waals surface area contributed by atoms with Crippen LogP contribution in [0.4, 0.5) is 4.39 Å². The van der Waals surface area contributed by atoms with E-state index in [-0.39, 0.29) is 11.9 Å². The molecule has 20 heavy (non-hydrogen) atoms. The molecule has 0 radical (unpaired) electrons. The fourth-order valence-corrected chi connectivity index (χ4v) is 3.31. The predicted molar refractivity (Wildman–Crippen MR) is 86.6 cm³/mol. The first-order chi connectivity index (χ1) is 9.52. The third-order valence-corrected chi connectivity index (χ3v) is 4.10. The Kier molecular flexibility index (Phi) is 5.55. The normalized spacial score (nSPS) is 12.4. The number of halogens is 4. The summed E-state index contributed by atoms with van der Waals surface area (Å²) in [6.45, 7) is 2.66. The van der Waals surface area contributed by atoms with Crippen LogP contribution in [0.5, 0.6) is 0 Å². The average Bonchev–Trinajstić information content (AvgIpc) is 2.37. The van der Waals surface area contributed by atoms with Crippen LogP contribution in [0.3, 0.4) is 0 Å². The largest absolute Gasteiger partial charge is 0.305 e. The highest BCUT2D eigenvalue weighted by atomic mass is 79.9. The molecule has 2 rings (SSSR count). The molecule has 2 aromatic rings. The number of hydrogen-bond donors (Lipinski definition) is 1. The van der Waals surface area contributed by atoms with Gasteiger partial charge in [-0.25, -0.2) is 4.39 Å². The van der Waals surface area contributed by atoms with Gasteiger partial charge in [0.05, 0.1) is 11.7 Å². The van der Waals surface area contributed by atoms with E-state index in [0.717, 1.165) is 14.6 Å². The zero-order valence-corrected chi connectivity index (χ0v) is 14.6. The van der Waals surface area contributed by atoms with Gasteiger partial charge in [-0.3, -0.25) is 4.98 Å². The van der Waals surface area contributed by atoms with Crippen molar-refractivity contribution in [2.75, 3.05) is 6.54 Å². The summed E-state index contributed by atoms with van der Waals surface area (Å²) in [4.78, 5) is 4.38. The summed E-state index contributed by atoms with van der Waals surface area (Å²) in [5.41, 5.74) is 1.25. The third-order valence-electron chi connectivity index (χ3n) is 2.79. The van der Waals surface area contributed by atoms with Gasteiger partial charge in [0.1, 0.15) is 5.82 Å². The summed E-state index contributed by atoms with van der Waals surface area (Å²) in [5.74, 6) is -0.347. The second kappa shape index (κ2) is 6.98. The first kappa shape index (κ1) is 15.9. The highest BCUT2D eigenvalue weighted by Crippen LogP contribution is 2.31. The molecule has 106 valence electrons. The monoisotopic (exact) mass is 420 g/mol. The van der Waals surface area contributed by atoms with Gasteiger partial charge >= 0.3 is 0 Å². The Balaban J connectivity index is 2.50. The number of rotatable bonds is 4. The van der Waals surface area contributed by atoms with E-state index in [0.29, 0.717) is 17.1 Å². The van der Waals surface area contributed by atoms with Gasteiger partial charge in [0.15, 0.2) is 0 Å². The minimum Gasteiger partial charge on any atom is -0.305 e. The van der Waals surface area contributed by atoms with Crippen LogP contribution in [0.15, 0.2) is 39.4 Å². The Bertz CT molecular complexity index is 571. The molecular weight excluding hydrogens is 410 g/mol. The van der Waals surface area contributed by atoms with Gasteiger partial charge in [-0.05, 0) is 56.6 Å². The third kappa shape index (κ3) is 3.58. The van der Waals surface area contributed by atoms with Crippen LogP contribution >= 0.6 is 43.5 Å².